The van der Waals surface area contributed by atoms with Crippen molar-refractivity contribution in [3.05, 3.63) is 42.5 Å². The van der Waals surface area contributed by atoms with Crippen LogP contribution in [0, 0.1) is 0 Å². The lowest BCUT2D eigenvalue weighted by molar-refractivity contribution is 0.271. The highest BCUT2D eigenvalue weighted by Gasteiger charge is 2.33. The molecule has 130 valence electrons. The van der Waals surface area contributed by atoms with Crippen LogP contribution < -0.4 is 0 Å². The molecule has 1 atom stereocenters. The molecule has 0 spiro atoms. The molecule has 2 aromatic carbocycles. The fraction of sp³-hybridized carbons (Fsp3) is 0.444. The van der Waals surface area contributed by atoms with Gasteiger partial charge in [-0.3, -0.25) is 0 Å². The van der Waals surface area contributed by atoms with E-state index in [0.717, 1.165) is 35.2 Å². The molecule has 4 nitrogen and oxygen atoms in total. The van der Waals surface area contributed by atoms with E-state index in [4.69, 9.17) is 0 Å². The van der Waals surface area contributed by atoms with E-state index in [1.807, 2.05) is 56.2 Å². The number of thioether (sulfide) groups is 1. The molecule has 0 bridgehead atoms. The summed E-state index contributed by atoms with van der Waals surface area (Å²) in [7, 11) is 0.515. The summed E-state index contributed by atoms with van der Waals surface area (Å²) in [5.41, 5.74) is 0. The molecular weight excluding hydrogens is 340 g/mol. The summed E-state index contributed by atoms with van der Waals surface area (Å²) in [6.07, 6.45) is 0.904. The van der Waals surface area contributed by atoms with Crippen molar-refractivity contribution in [3.63, 3.8) is 0 Å². The van der Waals surface area contributed by atoms with Gasteiger partial charge in [-0.15, -0.1) is 0 Å². The third-order valence-corrected chi connectivity index (χ3v) is 7.43. The Morgan fingerprint density at radius 1 is 1.17 bits per heavy atom. The third-order valence-electron chi connectivity index (χ3n) is 4.29. The zero-order valence-electron chi connectivity index (χ0n) is 14.2. The highest BCUT2D eigenvalue weighted by atomic mass is 32.2. The topological polar surface area (TPSA) is 40.6 Å². The van der Waals surface area contributed by atoms with Crippen LogP contribution >= 0.6 is 11.8 Å². The lowest BCUT2D eigenvalue weighted by Gasteiger charge is -2.30. The zero-order valence-corrected chi connectivity index (χ0v) is 15.8. The largest absolute Gasteiger partial charge is 0.308 e. The molecule has 3 rings (SSSR count). The van der Waals surface area contributed by atoms with E-state index in [2.05, 4.69) is 4.90 Å². The highest BCUT2D eigenvalue weighted by Crippen LogP contribution is 2.26. The Balaban J connectivity index is 1.98. The van der Waals surface area contributed by atoms with Crippen LogP contribution in [0.15, 0.2) is 47.4 Å². The van der Waals surface area contributed by atoms with Crippen LogP contribution in [0.25, 0.3) is 10.8 Å². The Labute approximate surface area is 148 Å². The van der Waals surface area contributed by atoms with Crippen LogP contribution in [-0.4, -0.2) is 62.4 Å². The second-order valence-electron chi connectivity index (χ2n) is 6.47. The maximum absolute atomic E-state index is 13.3. The average molecular weight is 365 g/mol. The van der Waals surface area contributed by atoms with E-state index in [1.165, 1.54) is 0 Å². The molecule has 0 N–H and O–H groups in total. The summed E-state index contributed by atoms with van der Waals surface area (Å²) in [6.45, 7) is 1.35. The van der Waals surface area contributed by atoms with Crippen LogP contribution in [0.3, 0.4) is 0 Å². The molecule has 1 fully saturated rings. The molecule has 1 heterocycles. The Morgan fingerprint density at radius 3 is 2.67 bits per heavy atom. The Bertz CT molecular complexity index is 806. The van der Waals surface area contributed by atoms with Crippen molar-refractivity contribution in [2.75, 3.05) is 38.7 Å². The van der Waals surface area contributed by atoms with Crippen LogP contribution in [0.1, 0.15) is 6.42 Å². The molecule has 1 saturated heterocycles. The molecule has 2 aromatic rings. The molecular formula is C18H24N2O2S2. The van der Waals surface area contributed by atoms with Gasteiger partial charge in [0.05, 0.1) is 4.90 Å². The van der Waals surface area contributed by atoms with Crippen molar-refractivity contribution in [2.45, 2.75) is 17.4 Å². The van der Waals surface area contributed by atoms with Gasteiger partial charge in [0.2, 0.25) is 10.0 Å². The fourth-order valence-electron chi connectivity index (χ4n) is 3.15. The van der Waals surface area contributed by atoms with Crippen LogP contribution in [0.2, 0.25) is 0 Å². The average Bonchev–Trinajstić information content (AvgIpc) is 2.79. The fourth-order valence-corrected chi connectivity index (χ4v) is 5.99. The molecule has 0 aliphatic carbocycles. The molecule has 0 radical (unpaired) electrons. The van der Waals surface area contributed by atoms with Crippen molar-refractivity contribution in [2.24, 2.45) is 0 Å². The van der Waals surface area contributed by atoms with Crippen molar-refractivity contribution in [1.82, 2.24) is 9.21 Å². The van der Waals surface area contributed by atoms with Crippen molar-refractivity contribution in [3.8, 4) is 0 Å². The second-order valence-corrected chi connectivity index (χ2v) is 9.51. The number of hydrogen-bond acceptors (Lipinski definition) is 4. The van der Waals surface area contributed by atoms with E-state index >= 15 is 0 Å². The molecule has 0 amide bonds. The molecule has 24 heavy (non-hydrogen) atoms. The van der Waals surface area contributed by atoms with Gasteiger partial charge in [0.25, 0.3) is 0 Å². The first-order chi connectivity index (χ1) is 11.5. The van der Waals surface area contributed by atoms with E-state index in [0.29, 0.717) is 11.4 Å². The third kappa shape index (κ3) is 3.77. The highest BCUT2D eigenvalue weighted by molar-refractivity contribution is 7.99. The number of sulfonamides is 1. The van der Waals surface area contributed by atoms with Crippen molar-refractivity contribution < 1.29 is 8.42 Å². The monoisotopic (exact) mass is 364 g/mol. The van der Waals surface area contributed by atoms with Crippen molar-refractivity contribution >= 4 is 32.6 Å². The van der Waals surface area contributed by atoms with E-state index < -0.39 is 10.0 Å². The maximum atomic E-state index is 13.3. The van der Waals surface area contributed by atoms with Gasteiger partial charge >= 0.3 is 0 Å². The standard InChI is InChI=1S/C18H24N2O2S2/c1-19(2)13-17-14-23-11-5-10-20(17)24(21,22)18-9-8-15-6-3-4-7-16(15)12-18/h3-4,6-9,12,17H,5,10-11,13-14H2,1-2H3. The van der Waals surface area contributed by atoms with E-state index in [-0.39, 0.29) is 6.04 Å². The zero-order chi connectivity index (χ0) is 17.2. The normalized spacial score (nSPS) is 20.4. The smallest absolute Gasteiger partial charge is 0.243 e. The van der Waals surface area contributed by atoms with Gasteiger partial charge in [0, 0.05) is 24.9 Å². The first-order valence-corrected chi connectivity index (χ1v) is 10.8. The van der Waals surface area contributed by atoms with Gasteiger partial charge in [0.1, 0.15) is 0 Å². The minimum atomic E-state index is -3.48. The quantitative estimate of drug-likeness (QED) is 0.836. The molecule has 1 aliphatic heterocycles. The van der Waals surface area contributed by atoms with Gasteiger partial charge in [-0.25, -0.2) is 8.42 Å². The molecule has 0 aromatic heterocycles. The Kier molecular flexibility index (Phi) is 5.49. The van der Waals surface area contributed by atoms with E-state index in [1.54, 1.807) is 16.4 Å². The summed E-state index contributed by atoms with van der Waals surface area (Å²) in [4.78, 5) is 2.47. The minimum absolute atomic E-state index is 0.0176. The minimum Gasteiger partial charge on any atom is -0.308 e. The predicted octanol–water partition coefficient (Wildman–Crippen LogP) is 2.90. The van der Waals surface area contributed by atoms with Gasteiger partial charge < -0.3 is 4.90 Å². The summed E-state index contributed by atoms with van der Waals surface area (Å²) >= 11 is 1.85. The van der Waals surface area contributed by atoms with Crippen LogP contribution in [-0.2, 0) is 10.0 Å². The molecule has 6 heteroatoms. The summed E-state index contributed by atoms with van der Waals surface area (Å²) in [5.74, 6) is 1.87. The number of likely N-dealkylation sites (N-methyl/N-ethyl adjacent to an activating group) is 1. The lowest BCUT2D eigenvalue weighted by Crippen LogP contribution is -2.46. The van der Waals surface area contributed by atoms with Gasteiger partial charge in [-0.05, 0) is 49.2 Å². The Hall–Kier alpha value is -1.08. The number of rotatable bonds is 4. The van der Waals surface area contributed by atoms with Gasteiger partial charge in [-0.2, -0.15) is 16.1 Å². The first kappa shape index (κ1) is 17.7. The van der Waals surface area contributed by atoms with Crippen LogP contribution in [0.5, 0.6) is 0 Å². The number of fused-ring (bicyclic) bond motifs is 1. The lowest BCUT2D eigenvalue weighted by atomic mass is 10.1. The van der Waals surface area contributed by atoms with Crippen molar-refractivity contribution in [1.29, 1.82) is 0 Å². The predicted molar refractivity (Wildman–Crippen MR) is 102 cm³/mol. The molecule has 1 unspecified atom stereocenters. The second kappa shape index (κ2) is 7.44. The first-order valence-electron chi connectivity index (χ1n) is 8.21. The SMILES string of the molecule is CN(C)CC1CSCCCN1S(=O)(=O)c1ccc2ccccc2c1. The molecule has 0 saturated carbocycles. The summed E-state index contributed by atoms with van der Waals surface area (Å²) in [5, 5.41) is 2.03. The summed E-state index contributed by atoms with van der Waals surface area (Å²) < 4.78 is 28.3. The van der Waals surface area contributed by atoms with Gasteiger partial charge in [-0.1, -0.05) is 30.3 Å². The van der Waals surface area contributed by atoms with Crippen LogP contribution in [0.4, 0.5) is 0 Å². The maximum Gasteiger partial charge on any atom is 0.243 e. The molecule has 1 aliphatic rings. The van der Waals surface area contributed by atoms with E-state index in [9.17, 15) is 8.42 Å². The number of hydrogen-bond donors (Lipinski definition) is 0. The Morgan fingerprint density at radius 2 is 1.92 bits per heavy atom. The summed E-state index contributed by atoms with van der Waals surface area (Å²) in [6, 6.07) is 13.3. The number of nitrogens with zero attached hydrogens (tertiary/aromatic N) is 2. The number of benzene rings is 2. The van der Waals surface area contributed by atoms with Gasteiger partial charge in [0.15, 0.2) is 0 Å².